The number of halogens is 1. The normalized spacial score (nSPS) is 16.1. The topological polar surface area (TPSA) is 77.3 Å². The Hall–Kier alpha value is -2.34. The quantitative estimate of drug-likeness (QED) is 0.533. The highest BCUT2D eigenvalue weighted by molar-refractivity contribution is 6.29. The largest absolute Gasteiger partial charge is 0.488 e. The summed E-state index contributed by atoms with van der Waals surface area (Å²) >= 11 is 5.78. The first kappa shape index (κ1) is 13.6. The van der Waals surface area contributed by atoms with Gasteiger partial charge in [0.15, 0.2) is 0 Å². The summed E-state index contributed by atoms with van der Waals surface area (Å²) in [6, 6.07) is 10.4. The van der Waals surface area contributed by atoms with Crippen LogP contribution in [-0.2, 0) is 6.42 Å². The molecule has 0 saturated carbocycles. The summed E-state index contributed by atoms with van der Waals surface area (Å²) < 4.78 is 5.78. The summed E-state index contributed by atoms with van der Waals surface area (Å²) in [5.74, 6) is 1.25. The fourth-order valence-corrected chi connectivity index (χ4v) is 2.47. The Morgan fingerprint density at radius 1 is 1.43 bits per heavy atom. The zero-order valence-electron chi connectivity index (χ0n) is 11.0. The Balaban J connectivity index is 1.65. The van der Waals surface area contributed by atoms with Gasteiger partial charge in [0.25, 0.3) is 5.69 Å². The first-order valence-corrected chi connectivity index (χ1v) is 6.80. The molecule has 1 aromatic carbocycles. The highest BCUT2D eigenvalue weighted by atomic mass is 35.5. The summed E-state index contributed by atoms with van der Waals surface area (Å²) in [6.45, 7) is 0.499. The van der Waals surface area contributed by atoms with E-state index in [2.05, 4.69) is 10.3 Å². The Morgan fingerprint density at radius 2 is 2.24 bits per heavy atom. The second kappa shape index (κ2) is 5.57. The standard InChI is InChI=1S/C14H12ClN3O3/c15-13-6-10(18(19)20)7-14(17-13)16-8-11-5-9-3-1-2-4-12(9)21-11/h1-4,6-7,11H,5,8H2,(H,16,17). The fourth-order valence-electron chi connectivity index (χ4n) is 2.27. The number of hydrogen-bond donors (Lipinski definition) is 1. The van der Waals surface area contributed by atoms with E-state index in [0.29, 0.717) is 12.4 Å². The van der Waals surface area contributed by atoms with E-state index >= 15 is 0 Å². The minimum atomic E-state index is -0.499. The summed E-state index contributed by atoms with van der Waals surface area (Å²) in [4.78, 5) is 14.3. The maximum Gasteiger partial charge on any atom is 0.276 e. The van der Waals surface area contributed by atoms with Gasteiger partial charge in [0.1, 0.15) is 22.8 Å². The van der Waals surface area contributed by atoms with Crippen LogP contribution in [0, 0.1) is 10.1 Å². The number of nitro groups is 1. The van der Waals surface area contributed by atoms with Gasteiger partial charge in [0.2, 0.25) is 0 Å². The number of para-hydroxylation sites is 1. The van der Waals surface area contributed by atoms with Crippen LogP contribution in [-0.4, -0.2) is 22.6 Å². The molecule has 7 heteroatoms. The van der Waals surface area contributed by atoms with Crippen molar-refractivity contribution in [2.24, 2.45) is 0 Å². The molecular weight excluding hydrogens is 294 g/mol. The molecule has 1 aliphatic rings. The zero-order valence-corrected chi connectivity index (χ0v) is 11.7. The van der Waals surface area contributed by atoms with Gasteiger partial charge in [-0.15, -0.1) is 0 Å². The first-order valence-electron chi connectivity index (χ1n) is 6.42. The van der Waals surface area contributed by atoms with Crippen molar-refractivity contribution in [2.45, 2.75) is 12.5 Å². The summed E-state index contributed by atoms with van der Waals surface area (Å²) in [5.41, 5.74) is 1.07. The SMILES string of the molecule is O=[N+]([O-])c1cc(Cl)nc(NCC2Cc3ccccc3O2)c1. The molecule has 2 aromatic rings. The molecule has 6 nitrogen and oxygen atoms in total. The molecule has 21 heavy (non-hydrogen) atoms. The van der Waals surface area contributed by atoms with Crippen LogP contribution in [0.5, 0.6) is 5.75 Å². The predicted octanol–water partition coefficient (Wildman–Crippen LogP) is 3.06. The second-order valence-corrected chi connectivity index (χ2v) is 5.11. The molecule has 0 amide bonds. The third-order valence-electron chi connectivity index (χ3n) is 3.21. The summed E-state index contributed by atoms with van der Waals surface area (Å²) in [7, 11) is 0. The number of hydrogen-bond acceptors (Lipinski definition) is 5. The molecular formula is C14H12ClN3O3. The van der Waals surface area contributed by atoms with Gasteiger partial charge in [-0.3, -0.25) is 10.1 Å². The van der Waals surface area contributed by atoms with Crippen LogP contribution < -0.4 is 10.1 Å². The van der Waals surface area contributed by atoms with Crippen LogP contribution in [0.15, 0.2) is 36.4 Å². The molecule has 1 aliphatic heterocycles. The fraction of sp³-hybridized carbons (Fsp3) is 0.214. The minimum Gasteiger partial charge on any atom is -0.488 e. The number of ether oxygens (including phenoxy) is 1. The maximum atomic E-state index is 10.8. The first-order chi connectivity index (χ1) is 10.1. The molecule has 2 heterocycles. The number of nitrogens with one attached hydrogen (secondary N) is 1. The van der Waals surface area contributed by atoms with Gasteiger partial charge in [0.05, 0.1) is 23.6 Å². The Labute approximate surface area is 125 Å². The average Bonchev–Trinajstić information content (AvgIpc) is 2.87. The van der Waals surface area contributed by atoms with E-state index in [1.807, 2.05) is 24.3 Å². The molecule has 1 N–H and O–H groups in total. The van der Waals surface area contributed by atoms with Crippen LogP contribution in [0.3, 0.4) is 0 Å². The number of nitrogens with zero attached hydrogens (tertiary/aromatic N) is 2. The predicted molar refractivity (Wildman–Crippen MR) is 79.0 cm³/mol. The third kappa shape index (κ3) is 3.05. The Kier molecular flexibility index (Phi) is 3.62. The Morgan fingerprint density at radius 3 is 3.00 bits per heavy atom. The van der Waals surface area contributed by atoms with Gasteiger partial charge in [0, 0.05) is 6.42 Å². The molecule has 1 aromatic heterocycles. The summed E-state index contributed by atoms with van der Waals surface area (Å²) in [6.07, 6.45) is 0.772. The van der Waals surface area contributed by atoms with Gasteiger partial charge in [-0.2, -0.15) is 0 Å². The molecule has 108 valence electrons. The van der Waals surface area contributed by atoms with Crippen molar-refractivity contribution in [3.8, 4) is 5.75 Å². The van der Waals surface area contributed by atoms with Crippen molar-refractivity contribution in [1.29, 1.82) is 0 Å². The molecule has 0 bridgehead atoms. The third-order valence-corrected chi connectivity index (χ3v) is 3.41. The van der Waals surface area contributed by atoms with Gasteiger partial charge in [-0.25, -0.2) is 4.98 Å². The number of fused-ring (bicyclic) bond motifs is 1. The highest BCUT2D eigenvalue weighted by Gasteiger charge is 2.22. The lowest BCUT2D eigenvalue weighted by Crippen LogP contribution is -2.24. The maximum absolute atomic E-state index is 10.8. The second-order valence-electron chi connectivity index (χ2n) is 4.72. The molecule has 0 radical (unpaired) electrons. The van der Waals surface area contributed by atoms with Crippen molar-refractivity contribution < 1.29 is 9.66 Å². The van der Waals surface area contributed by atoms with Crippen molar-refractivity contribution in [3.63, 3.8) is 0 Å². The monoisotopic (exact) mass is 305 g/mol. The van der Waals surface area contributed by atoms with E-state index < -0.39 is 4.92 Å². The zero-order chi connectivity index (χ0) is 14.8. The number of pyridine rings is 1. The van der Waals surface area contributed by atoms with Crippen molar-refractivity contribution in [2.75, 3.05) is 11.9 Å². The van der Waals surface area contributed by atoms with Gasteiger partial charge in [-0.1, -0.05) is 29.8 Å². The van der Waals surface area contributed by atoms with Gasteiger partial charge in [-0.05, 0) is 11.6 Å². The van der Waals surface area contributed by atoms with E-state index in [1.165, 1.54) is 12.1 Å². The van der Waals surface area contributed by atoms with E-state index in [-0.39, 0.29) is 16.9 Å². The molecule has 1 atom stereocenters. The van der Waals surface area contributed by atoms with Crippen LogP contribution in [0.2, 0.25) is 5.15 Å². The average molecular weight is 306 g/mol. The lowest BCUT2D eigenvalue weighted by atomic mass is 10.1. The lowest BCUT2D eigenvalue weighted by molar-refractivity contribution is -0.384. The number of benzene rings is 1. The van der Waals surface area contributed by atoms with E-state index in [4.69, 9.17) is 16.3 Å². The van der Waals surface area contributed by atoms with Crippen molar-refractivity contribution >= 4 is 23.1 Å². The Bertz CT molecular complexity index is 668. The van der Waals surface area contributed by atoms with E-state index in [1.54, 1.807) is 0 Å². The van der Waals surface area contributed by atoms with Crippen LogP contribution in [0.1, 0.15) is 5.56 Å². The molecule has 0 saturated heterocycles. The van der Waals surface area contributed by atoms with E-state index in [9.17, 15) is 10.1 Å². The highest BCUT2D eigenvalue weighted by Crippen LogP contribution is 2.28. The molecule has 0 spiro atoms. The summed E-state index contributed by atoms with van der Waals surface area (Å²) in [5, 5.41) is 13.9. The van der Waals surface area contributed by atoms with Crippen LogP contribution in [0.25, 0.3) is 0 Å². The van der Waals surface area contributed by atoms with E-state index in [0.717, 1.165) is 17.7 Å². The van der Waals surface area contributed by atoms with Crippen LogP contribution in [0.4, 0.5) is 11.5 Å². The molecule has 3 rings (SSSR count). The minimum absolute atomic E-state index is 0.0257. The van der Waals surface area contributed by atoms with Crippen LogP contribution >= 0.6 is 11.6 Å². The number of anilines is 1. The molecule has 0 fully saturated rings. The lowest BCUT2D eigenvalue weighted by Gasteiger charge is -2.12. The van der Waals surface area contributed by atoms with Gasteiger partial charge >= 0.3 is 0 Å². The van der Waals surface area contributed by atoms with Crippen molar-refractivity contribution in [3.05, 3.63) is 57.2 Å². The smallest absolute Gasteiger partial charge is 0.276 e. The molecule has 1 unspecified atom stereocenters. The van der Waals surface area contributed by atoms with Gasteiger partial charge < -0.3 is 10.1 Å². The number of rotatable bonds is 4. The van der Waals surface area contributed by atoms with Crippen molar-refractivity contribution in [1.82, 2.24) is 4.98 Å². The number of aromatic nitrogens is 1. The molecule has 0 aliphatic carbocycles.